The molecule has 2 nitrogen and oxygen atoms in total. The molecule has 2 rings (SSSR count). The molecule has 3 atom stereocenters. The van der Waals surface area contributed by atoms with Crippen LogP contribution in [-0.4, -0.2) is 28.7 Å². The molecule has 17 heavy (non-hydrogen) atoms. The first kappa shape index (κ1) is 13.6. The highest BCUT2D eigenvalue weighted by molar-refractivity contribution is 8.21. The summed E-state index contributed by atoms with van der Waals surface area (Å²) < 4.78 is 5.35. The molecule has 0 bridgehead atoms. The van der Waals surface area contributed by atoms with Crippen molar-refractivity contribution < 1.29 is 9.53 Å². The van der Waals surface area contributed by atoms with E-state index in [1.807, 2.05) is 0 Å². The molecule has 0 N–H and O–H groups in total. The average molecular weight is 274 g/mol. The molecule has 0 amide bonds. The molecule has 0 aromatic heterocycles. The van der Waals surface area contributed by atoms with Crippen LogP contribution in [0.1, 0.15) is 33.1 Å². The second kappa shape index (κ2) is 5.43. The van der Waals surface area contributed by atoms with E-state index in [-0.39, 0.29) is 11.9 Å². The number of ether oxygens (including phenoxy) is 1. The summed E-state index contributed by atoms with van der Waals surface area (Å²) in [6.45, 7) is 4.51. The summed E-state index contributed by atoms with van der Waals surface area (Å²) in [6, 6.07) is 0. The lowest BCUT2D eigenvalue weighted by molar-refractivity contribution is -0.149. The van der Waals surface area contributed by atoms with Gasteiger partial charge in [0.15, 0.2) is 0 Å². The third-order valence-electron chi connectivity index (χ3n) is 4.36. The van der Waals surface area contributed by atoms with E-state index < -0.39 is 0 Å². The van der Waals surface area contributed by atoms with Gasteiger partial charge in [0.25, 0.3) is 0 Å². The zero-order valence-electron chi connectivity index (χ0n) is 10.9. The minimum Gasteiger partial charge on any atom is -0.469 e. The number of carbonyl (C=O) groups is 1. The number of esters is 1. The Morgan fingerprint density at radius 3 is 2.59 bits per heavy atom. The minimum absolute atomic E-state index is 0.00111. The van der Waals surface area contributed by atoms with Crippen molar-refractivity contribution in [3.05, 3.63) is 0 Å². The van der Waals surface area contributed by atoms with E-state index in [4.69, 9.17) is 4.74 Å². The fourth-order valence-electron chi connectivity index (χ4n) is 3.48. The monoisotopic (exact) mass is 274 g/mol. The van der Waals surface area contributed by atoms with Crippen molar-refractivity contribution in [1.29, 1.82) is 0 Å². The van der Waals surface area contributed by atoms with E-state index >= 15 is 0 Å². The molecule has 2 fully saturated rings. The zero-order chi connectivity index (χ0) is 12.5. The first-order valence-electron chi connectivity index (χ1n) is 6.50. The van der Waals surface area contributed by atoms with Gasteiger partial charge in [-0.25, -0.2) is 0 Å². The molecule has 0 aromatic carbocycles. The molecule has 3 unspecified atom stereocenters. The number of methoxy groups -OCH3 is 1. The van der Waals surface area contributed by atoms with E-state index in [0.29, 0.717) is 15.9 Å². The molecular formula is C13H22O2S2. The maximum Gasteiger partial charge on any atom is 0.308 e. The van der Waals surface area contributed by atoms with E-state index in [1.165, 1.54) is 31.5 Å². The normalized spacial score (nSPS) is 36.1. The lowest BCUT2D eigenvalue weighted by Gasteiger charge is -2.46. The molecular weight excluding hydrogens is 252 g/mol. The fourth-order valence-corrected chi connectivity index (χ4v) is 7.39. The van der Waals surface area contributed by atoms with Gasteiger partial charge >= 0.3 is 5.97 Å². The summed E-state index contributed by atoms with van der Waals surface area (Å²) >= 11 is 4.27. The average Bonchev–Trinajstić information content (AvgIpc) is 2.78. The number of carbonyl (C=O) groups excluding carboxylic acids is 1. The first-order valence-corrected chi connectivity index (χ1v) is 8.47. The number of hydrogen-bond acceptors (Lipinski definition) is 4. The Labute approximate surface area is 113 Å². The Morgan fingerprint density at radius 2 is 2.06 bits per heavy atom. The minimum atomic E-state index is -0.00111. The van der Waals surface area contributed by atoms with Crippen LogP contribution in [0.5, 0.6) is 0 Å². The molecule has 1 aliphatic heterocycles. The van der Waals surface area contributed by atoms with Crippen molar-refractivity contribution in [3.8, 4) is 0 Å². The summed E-state index contributed by atoms with van der Waals surface area (Å²) in [7, 11) is 1.51. The van der Waals surface area contributed by atoms with E-state index in [1.54, 1.807) is 0 Å². The largest absolute Gasteiger partial charge is 0.469 e. The second-order valence-corrected chi connectivity index (χ2v) is 8.16. The summed E-state index contributed by atoms with van der Waals surface area (Å²) in [4.78, 5) is 11.8. The quantitative estimate of drug-likeness (QED) is 0.721. The summed E-state index contributed by atoms with van der Waals surface area (Å²) in [5.74, 6) is 3.78. The molecule has 0 radical (unpaired) electrons. The van der Waals surface area contributed by atoms with Gasteiger partial charge in [0.05, 0.1) is 17.1 Å². The van der Waals surface area contributed by atoms with Crippen LogP contribution >= 0.6 is 23.5 Å². The SMILES string of the molecule is CCC1C(C)C(C(=O)OC)CCC12SCCS2. The molecule has 1 spiro atoms. The number of thioether (sulfide) groups is 2. The topological polar surface area (TPSA) is 26.3 Å². The van der Waals surface area contributed by atoms with Gasteiger partial charge in [0.1, 0.15) is 0 Å². The van der Waals surface area contributed by atoms with Crippen molar-refractivity contribution >= 4 is 29.5 Å². The lowest BCUT2D eigenvalue weighted by Crippen LogP contribution is -2.44. The van der Waals surface area contributed by atoms with E-state index in [2.05, 4.69) is 37.4 Å². The van der Waals surface area contributed by atoms with Crippen LogP contribution < -0.4 is 0 Å². The molecule has 98 valence electrons. The molecule has 2 aliphatic rings. The van der Waals surface area contributed by atoms with Gasteiger partial charge in [0.2, 0.25) is 0 Å². The highest BCUT2D eigenvalue weighted by atomic mass is 32.2. The van der Waals surface area contributed by atoms with Gasteiger partial charge in [0, 0.05) is 11.5 Å². The summed E-state index contributed by atoms with van der Waals surface area (Å²) in [6.07, 6.45) is 3.35. The predicted molar refractivity (Wildman–Crippen MR) is 75.3 cm³/mol. The van der Waals surface area contributed by atoms with Gasteiger partial charge in [-0.15, -0.1) is 23.5 Å². The molecule has 1 aliphatic carbocycles. The summed E-state index contributed by atoms with van der Waals surface area (Å²) in [5, 5.41) is 0. The van der Waals surface area contributed by atoms with Gasteiger partial charge in [-0.2, -0.15) is 0 Å². The maximum absolute atomic E-state index is 11.8. The Kier molecular flexibility index (Phi) is 4.35. The van der Waals surface area contributed by atoms with Gasteiger partial charge in [-0.1, -0.05) is 20.3 Å². The number of rotatable bonds is 2. The molecule has 1 saturated carbocycles. The second-order valence-electron chi connectivity index (χ2n) is 5.05. The number of hydrogen-bond donors (Lipinski definition) is 0. The third kappa shape index (κ3) is 2.35. The van der Waals surface area contributed by atoms with Gasteiger partial charge in [-0.3, -0.25) is 4.79 Å². The Hall–Kier alpha value is 0.170. The van der Waals surface area contributed by atoms with Crippen LogP contribution in [0.2, 0.25) is 0 Å². The van der Waals surface area contributed by atoms with Crippen LogP contribution in [0.3, 0.4) is 0 Å². The van der Waals surface area contributed by atoms with Crippen molar-refractivity contribution in [3.63, 3.8) is 0 Å². The van der Waals surface area contributed by atoms with Gasteiger partial charge < -0.3 is 4.74 Å². The van der Waals surface area contributed by atoms with Crippen LogP contribution in [0.15, 0.2) is 0 Å². The van der Waals surface area contributed by atoms with Crippen molar-refractivity contribution in [2.24, 2.45) is 17.8 Å². The fraction of sp³-hybridized carbons (Fsp3) is 0.923. The van der Waals surface area contributed by atoms with Crippen molar-refractivity contribution in [1.82, 2.24) is 0 Å². The van der Waals surface area contributed by atoms with E-state index in [9.17, 15) is 4.79 Å². The highest BCUT2D eigenvalue weighted by Gasteiger charge is 2.51. The smallest absolute Gasteiger partial charge is 0.308 e. The molecule has 0 aromatic rings. The van der Waals surface area contributed by atoms with Crippen LogP contribution in [0, 0.1) is 17.8 Å². The standard InChI is InChI=1S/C13H22O2S2/c1-4-11-9(2)10(12(14)15-3)5-6-13(11)16-7-8-17-13/h9-11H,4-8H2,1-3H3. The van der Waals surface area contributed by atoms with E-state index in [0.717, 1.165) is 6.42 Å². The van der Waals surface area contributed by atoms with Crippen molar-refractivity contribution in [2.75, 3.05) is 18.6 Å². The molecule has 4 heteroatoms. The third-order valence-corrected chi connectivity index (χ3v) is 8.13. The summed E-state index contributed by atoms with van der Waals surface area (Å²) in [5.41, 5.74) is 0. The van der Waals surface area contributed by atoms with Crippen LogP contribution in [-0.2, 0) is 9.53 Å². The molecule has 1 saturated heterocycles. The Bertz CT molecular complexity index is 287. The lowest BCUT2D eigenvalue weighted by atomic mass is 9.71. The highest BCUT2D eigenvalue weighted by Crippen LogP contribution is 2.59. The zero-order valence-corrected chi connectivity index (χ0v) is 12.5. The maximum atomic E-state index is 11.8. The Balaban J connectivity index is 2.16. The predicted octanol–water partition coefficient (Wildman–Crippen LogP) is 3.41. The van der Waals surface area contributed by atoms with Crippen LogP contribution in [0.4, 0.5) is 0 Å². The Morgan fingerprint density at radius 1 is 1.41 bits per heavy atom. The molecule has 1 heterocycles. The van der Waals surface area contributed by atoms with Crippen molar-refractivity contribution in [2.45, 2.75) is 37.2 Å². The first-order chi connectivity index (χ1) is 8.14. The van der Waals surface area contributed by atoms with Crippen LogP contribution in [0.25, 0.3) is 0 Å². The van der Waals surface area contributed by atoms with Gasteiger partial charge in [-0.05, 0) is 24.7 Å².